The molecule has 0 saturated heterocycles. The van der Waals surface area contributed by atoms with E-state index in [1.54, 1.807) is 12.1 Å². The lowest BCUT2D eigenvalue weighted by Crippen LogP contribution is -1.99. The van der Waals surface area contributed by atoms with Gasteiger partial charge in [0.2, 0.25) is 0 Å². The molecular weight excluding hydrogens is 302 g/mol. The molecule has 3 N–H and O–H groups in total. The standard InChI is InChI=1S/C13H11BrF2N2/c1-7-5-12(8(14)6-11(7)17)18-13-9(15)3-2-4-10(13)16/h2-6,18H,17H2,1H3. The number of aryl methyl sites for hydroxylation is 1. The zero-order valence-corrected chi connectivity index (χ0v) is 11.2. The fourth-order valence-electron chi connectivity index (χ4n) is 1.54. The molecule has 18 heavy (non-hydrogen) atoms. The van der Waals surface area contributed by atoms with Crippen molar-refractivity contribution >= 4 is 33.0 Å². The highest BCUT2D eigenvalue weighted by Crippen LogP contribution is 2.31. The zero-order chi connectivity index (χ0) is 13.3. The van der Waals surface area contributed by atoms with E-state index in [9.17, 15) is 8.78 Å². The minimum atomic E-state index is -0.642. The second-order valence-electron chi connectivity index (χ2n) is 3.91. The molecule has 2 rings (SSSR count). The third kappa shape index (κ3) is 2.46. The van der Waals surface area contributed by atoms with Crippen LogP contribution in [0.15, 0.2) is 34.8 Å². The maximum atomic E-state index is 13.5. The van der Waals surface area contributed by atoms with Crippen molar-refractivity contribution in [3.8, 4) is 0 Å². The summed E-state index contributed by atoms with van der Waals surface area (Å²) in [5.41, 5.74) is 7.56. The Morgan fingerprint density at radius 2 is 1.78 bits per heavy atom. The summed E-state index contributed by atoms with van der Waals surface area (Å²) >= 11 is 3.30. The molecule has 2 nitrogen and oxygen atoms in total. The highest BCUT2D eigenvalue weighted by atomic mass is 79.9. The van der Waals surface area contributed by atoms with Crippen LogP contribution < -0.4 is 11.1 Å². The first-order valence-corrected chi connectivity index (χ1v) is 6.05. The number of benzene rings is 2. The Bertz CT molecular complexity index is 580. The van der Waals surface area contributed by atoms with Gasteiger partial charge in [-0.3, -0.25) is 0 Å². The van der Waals surface area contributed by atoms with Crippen molar-refractivity contribution in [2.24, 2.45) is 0 Å². The Morgan fingerprint density at radius 3 is 2.39 bits per heavy atom. The third-order valence-corrected chi connectivity index (χ3v) is 3.23. The SMILES string of the molecule is Cc1cc(Nc2c(F)cccc2F)c(Br)cc1N. The highest BCUT2D eigenvalue weighted by molar-refractivity contribution is 9.10. The molecule has 0 aliphatic rings. The smallest absolute Gasteiger partial charge is 0.149 e. The summed E-state index contributed by atoms with van der Waals surface area (Å²) in [4.78, 5) is 0. The largest absolute Gasteiger partial charge is 0.398 e. The fourth-order valence-corrected chi connectivity index (χ4v) is 2.00. The van der Waals surface area contributed by atoms with Crippen molar-refractivity contribution in [2.75, 3.05) is 11.1 Å². The van der Waals surface area contributed by atoms with Crippen molar-refractivity contribution in [1.82, 2.24) is 0 Å². The summed E-state index contributed by atoms with van der Waals surface area (Å²) in [5, 5.41) is 2.72. The van der Waals surface area contributed by atoms with Gasteiger partial charge in [0.15, 0.2) is 0 Å². The molecular formula is C13H11BrF2N2. The Hall–Kier alpha value is -1.62. The van der Waals surface area contributed by atoms with Gasteiger partial charge in [-0.1, -0.05) is 6.07 Å². The van der Waals surface area contributed by atoms with Gasteiger partial charge in [-0.2, -0.15) is 0 Å². The average molecular weight is 313 g/mol. The molecule has 5 heteroatoms. The second kappa shape index (κ2) is 4.94. The molecule has 0 fully saturated rings. The molecule has 0 atom stereocenters. The van der Waals surface area contributed by atoms with Crippen LogP contribution in [0.5, 0.6) is 0 Å². The Labute approximate surface area is 112 Å². The van der Waals surface area contributed by atoms with Gasteiger partial charge in [0.1, 0.15) is 17.3 Å². The molecule has 0 spiro atoms. The summed E-state index contributed by atoms with van der Waals surface area (Å²) in [6.07, 6.45) is 0. The van der Waals surface area contributed by atoms with E-state index < -0.39 is 11.6 Å². The Balaban J connectivity index is 2.43. The van der Waals surface area contributed by atoms with Gasteiger partial charge >= 0.3 is 0 Å². The maximum absolute atomic E-state index is 13.5. The van der Waals surface area contributed by atoms with E-state index in [0.717, 1.165) is 5.56 Å². The summed E-state index contributed by atoms with van der Waals surface area (Å²) in [7, 11) is 0. The molecule has 0 bridgehead atoms. The average Bonchev–Trinajstić information content (AvgIpc) is 2.30. The molecule has 0 aliphatic carbocycles. The lowest BCUT2D eigenvalue weighted by Gasteiger charge is -2.12. The first-order chi connectivity index (χ1) is 8.49. The molecule has 0 radical (unpaired) electrons. The number of nitrogens with two attached hydrogens (primary N) is 1. The van der Waals surface area contributed by atoms with E-state index in [1.165, 1.54) is 18.2 Å². The van der Waals surface area contributed by atoms with Gasteiger partial charge in [0.05, 0.1) is 5.69 Å². The molecule has 94 valence electrons. The number of hydrogen-bond donors (Lipinski definition) is 2. The van der Waals surface area contributed by atoms with Crippen LogP contribution in [0.3, 0.4) is 0 Å². The number of nitrogen functional groups attached to an aromatic ring is 1. The van der Waals surface area contributed by atoms with Gasteiger partial charge in [-0.05, 0) is 52.7 Å². The summed E-state index contributed by atoms with van der Waals surface area (Å²) in [5.74, 6) is -1.28. The number of para-hydroxylation sites is 1. The lowest BCUT2D eigenvalue weighted by atomic mass is 10.1. The summed E-state index contributed by atoms with van der Waals surface area (Å²) < 4.78 is 27.7. The van der Waals surface area contributed by atoms with Crippen molar-refractivity contribution in [2.45, 2.75) is 6.92 Å². The van der Waals surface area contributed by atoms with Crippen LogP contribution in [0, 0.1) is 18.6 Å². The normalized spacial score (nSPS) is 10.4. The Morgan fingerprint density at radius 1 is 1.17 bits per heavy atom. The molecule has 0 heterocycles. The van der Waals surface area contributed by atoms with Crippen LogP contribution in [-0.2, 0) is 0 Å². The van der Waals surface area contributed by atoms with E-state index in [2.05, 4.69) is 21.2 Å². The third-order valence-electron chi connectivity index (χ3n) is 2.58. The van der Waals surface area contributed by atoms with Crippen molar-refractivity contribution in [3.63, 3.8) is 0 Å². The van der Waals surface area contributed by atoms with E-state index in [4.69, 9.17) is 5.73 Å². The molecule has 2 aromatic rings. The van der Waals surface area contributed by atoms with Crippen molar-refractivity contribution in [3.05, 3.63) is 52.0 Å². The van der Waals surface area contributed by atoms with Gasteiger partial charge in [-0.15, -0.1) is 0 Å². The van der Waals surface area contributed by atoms with E-state index in [0.29, 0.717) is 15.8 Å². The van der Waals surface area contributed by atoms with Crippen LogP contribution >= 0.6 is 15.9 Å². The van der Waals surface area contributed by atoms with E-state index in [1.807, 2.05) is 6.92 Å². The Kier molecular flexibility index (Phi) is 3.52. The van der Waals surface area contributed by atoms with Gasteiger partial charge in [0, 0.05) is 10.2 Å². The fraction of sp³-hybridized carbons (Fsp3) is 0.0769. The minimum absolute atomic E-state index is 0.178. The van der Waals surface area contributed by atoms with Crippen molar-refractivity contribution < 1.29 is 8.78 Å². The lowest BCUT2D eigenvalue weighted by molar-refractivity contribution is 0.591. The predicted octanol–water partition coefficient (Wildman–Crippen LogP) is 4.36. The summed E-state index contributed by atoms with van der Waals surface area (Å²) in [6, 6.07) is 7.13. The van der Waals surface area contributed by atoms with Crippen LogP contribution in [0.1, 0.15) is 5.56 Å². The maximum Gasteiger partial charge on any atom is 0.149 e. The molecule has 0 unspecified atom stereocenters. The number of rotatable bonds is 2. The predicted molar refractivity (Wildman–Crippen MR) is 72.9 cm³/mol. The topological polar surface area (TPSA) is 38.0 Å². The zero-order valence-electron chi connectivity index (χ0n) is 9.60. The molecule has 0 saturated carbocycles. The first-order valence-electron chi connectivity index (χ1n) is 5.25. The van der Waals surface area contributed by atoms with Crippen LogP contribution in [0.2, 0.25) is 0 Å². The quantitative estimate of drug-likeness (QED) is 0.808. The number of hydrogen-bond acceptors (Lipinski definition) is 2. The molecule has 0 amide bonds. The van der Waals surface area contributed by atoms with Gasteiger partial charge < -0.3 is 11.1 Å². The highest BCUT2D eigenvalue weighted by Gasteiger charge is 2.11. The van der Waals surface area contributed by atoms with E-state index in [-0.39, 0.29) is 5.69 Å². The van der Waals surface area contributed by atoms with Crippen molar-refractivity contribution in [1.29, 1.82) is 0 Å². The summed E-state index contributed by atoms with van der Waals surface area (Å²) in [6.45, 7) is 1.82. The molecule has 0 aliphatic heterocycles. The first kappa shape index (κ1) is 12.8. The van der Waals surface area contributed by atoms with Gasteiger partial charge in [-0.25, -0.2) is 8.78 Å². The molecule has 2 aromatic carbocycles. The number of nitrogens with one attached hydrogen (secondary N) is 1. The number of anilines is 3. The minimum Gasteiger partial charge on any atom is -0.398 e. The van der Waals surface area contributed by atoms with Crippen LogP contribution in [0.4, 0.5) is 25.8 Å². The van der Waals surface area contributed by atoms with Crippen LogP contribution in [0.25, 0.3) is 0 Å². The van der Waals surface area contributed by atoms with Gasteiger partial charge in [0.25, 0.3) is 0 Å². The van der Waals surface area contributed by atoms with Crippen LogP contribution in [-0.4, -0.2) is 0 Å². The van der Waals surface area contributed by atoms with E-state index >= 15 is 0 Å². The monoisotopic (exact) mass is 312 g/mol. The molecule has 0 aromatic heterocycles. The second-order valence-corrected chi connectivity index (χ2v) is 4.76. The number of halogens is 3.